The van der Waals surface area contributed by atoms with Crippen molar-refractivity contribution in [2.45, 2.75) is 59.1 Å². The van der Waals surface area contributed by atoms with Crippen molar-refractivity contribution >= 4 is 6.09 Å². The quantitative estimate of drug-likeness (QED) is 0.702. The number of amides is 1. The van der Waals surface area contributed by atoms with Crippen LogP contribution in [0.15, 0.2) is 0 Å². The number of carbonyl (C=O) groups is 1. The molecule has 0 rings (SSSR count). The molecule has 0 saturated carbocycles. The molecular weight excluding hydrogens is 178 g/mol. The summed E-state index contributed by atoms with van der Waals surface area (Å²) in [6.07, 6.45) is 1.70. The predicted molar refractivity (Wildman–Crippen MR) is 58.4 cm³/mol. The molecular formula is C11H23NO2. The van der Waals surface area contributed by atoms with Crippen molar-refractivity contribution in [3.05, 3.63) is 0 Å². The molecule has 0 aromatic rings. The molecule has 0 aromatic carbocycles. The van der Waals surface area contributed by atoms with Crippen LogP contribution < -0.4 is 0 Å². The molecule has 1 amide bonds. The lowest BCUT2D eigenvalue weighted by Crippen LogP contribution is -2.40. The van der Waals surface area contributed by atoms with Crippen molar-refractivity contribution in [1.29, 1.82) is 0 Å². The average Bonchev–Trinajstić information content (AvgIpc) is 2.03. The van der Waals surface area contributed by atoms with Gasteiger partial charge in [0.15, 0.2) is 0 Å². The van der Waals surface area contributed by atoms with E-state index in [9.17, 15) is 4.79 Å². The Labute approximate surface area is 87.4 Å². The summed E-state index contributed by atoms with van der Waals surface area (Å²) in [6.45, 7) is 9.80. The molecule has 0 aliphatic carbocycles. The van der Waals surface area contributed by atoms with E-state index in [1.54, 1.807) is 11.9 Å². The van der Waals surface area contributed by atoms with Gasteiger partial charge in [-0.3, -0.25) is 0 Å². The van der Waals surface area contributed by atoms with Gasteiger partial charge >= 0.3 is 6.09 Å². The maximum absolute atomic E-state index is 11.6. The van der Waals surface area contributed by atoms with Crippen LogP contribution in [-0.4, -0.2) is 29.7 Å². The number of nitrogens with zero attached hydrogens (tertiary/aromatic N) is 1. The van der Waals surface area contributed by atoms with Gasteiger partial charge in [-0.1, -0.05) is 13.8 Å². The summed E-state index contributed by atoms with van der Waals surface area (Å²) in [4.78, 5) is 13.3. The summed E-state index contributed by atoms with van der Waals surface area (Å²) in [5.74, 6) is 0. The van der Waals surface area contributed by atoms with Gasteiger partial charge in [0.25, 0.3) is 0 Å². The minimum atomic E-state index is -0.405. The molecule has 0 aliphatic heterocycles. The summed E-state index contributed by atoms with van der Waals surface area (Å²) in [5.41, 5.74) is -0.405. The van der Waals surface area contributed by atoms with Gasteiger partial charge in [-0.05, 0) is 33.6 Å². The van der Waals surface area contributed by atoms with E-state index >= 15 is 0 Å². The van der Waals surface area contributed by atoms with Gasteiger partial charge in [0.05, 0.1) is 0 Å². The lowest BCUT2D eigenvalue weighted by Gasteiger charge is -2.29. The van der Waals surface area contributed by atoms with E-state index in [1.807, 2.05) is 20.8 Å². The second kappa shape index (κ2) is 5.23. The van der Waals surface area contributed by atoms with Crippen LogP contribution in [0, 0.1) is 0 Å². The predicted octanol–water partition coefficient (Wildman–Crippen LogP) is 3.04. The van der Waals surface area contributed by atoms with E-state index in [0.29, 0.717) is 0 Å². The van der Waals surface area contributed by atoms with Gasteiger partial charge in [-0.15, -0.1) is 0 Å². The highest BCUT2D eigenvalue weighted by Gasteiger charge is 2.23. The Kier molecular flexibility index (Phi) is 4.95. The van der Waals surface area contributed by atoms with Crippen LogP contribution >= 0.6 is 0 Å². The van der Waals surface area contributed by atoms with Gasteiger partial charge in [-0.2, -0.15) is 0 Å². The van der Waals surface area contributed by atoms with Crippen LogP contribution in [-0.2, 0) is 4.74 Å². The van der Waals surface area contributed by atoms with Crippen molar-refractivity contribution in [3.8, 4) is 0 Å². The fourth-order valence-corrected chi connectivity index (χ4v) is 1.32. The molecule has 0 N–H and O–H groups in total. The molecule has 0 spiro atoms. The van der Waals surface area contributed by atoms with Gasteiger partial charge in [0, 0.05) is 13.1 Å². The minimum absolute atomic E-state index is 0.230. The van der Waals surface area contributed by atoms with Crippen molar-refractivity contribution in [1.82, 2.24) is 4.90 Å². The number of rotatable bonds is 3. The maximum Gasteiger partial charge on any atom is 0.410 e. The highest BCUT2D eigenvalue weighted by molar-refractivity contribution is 5.68. The molecule has 0 bridgehead atoms. The normalized spacial score (nSPS) is 11.6. The molecule has 0 fully saturated rings. The van der Waals surface area contributed by atoms with E-state index in [1.165, 1.54) is 0 Å². The molecule has 14 heavy (non-hydrogen) atoms. The molecule has 0 saturated heterocycles. The Bertz CT molecular complexity index is 180. The van der Waals surface area contributed by atoms with Gasteiger partial charge in [-0.25, -0.2) is 4.79 Å². The van der Waals surface area contributed by atoms with Crippen LogP contribution in [0.25, 0.3) is 0 Å². The Morgan fingerprint density at radius 2 is 1.71 bits per heavy atom. The molecule has 3 heteroatoms. The minimum Gasteiger partial charge on any atom is -0.444 e. The monoisotopic (exact) mass is 201 g/mol. The topological polar surface area (TPSA) is 29.5 Å². The molecule has 0 aromatic heterocycles. The molecule has 0 radical (unpaired) electrons. The standard InChI is InChI=1S/C11H23NO2/c1-7-9(8-2)12(6)10(13)14-11(3,4)5/h9H,7-8H2,1-6H3. The fourth-order valence-electron chi connectivity index (χ4n) is 1.32. The van der Waals surface area contributed by atoms with Crippen LogP contribution in [0.2, 0.25) is 0 Å². The third kappa shape index (κ3) is 4.49. The second-order valence-electron chi connectivity index (χ2n) is 4.56. The first-order chi connectivity index (χ1) is 6.31. The van der Waals surface area contributed by atoms with Crippen molar-refractivity contribution in [3.63, 3.8) is 0 Å². The number of hydrogen-bond donors (Lipinski definition) is 0. The summed E-state index contributed by atoms with van der Waals surface area (Å²) in [7, 11) is 1.80. The third-order valence-corrected chi connectivity index (χ3v) is 2.17. The van der Waals surface area contributed by atoms with Crippen molar-refractivity contribution in [2.24, 2.45) is 0 Å². The smallest absolute Gasteiger partial charge is 0.410 e. The Morgan fingerprint density at radius 1 is 1.29 bits per heavy atom. The highest BCUT2D eigenvalue weighted by Crippen LogP contribution is 2.13. The summed E-state index contributed by atoms with van der Waals surface area (Å²) >= 11 is 0. The molecule has 84 valence electrons. The Balaban J connectivity index is 4.24. The zero-order valence-electron chi connectivity index (χ0n) is 10.3. The number of carbonyl (C=O) groups excluding carboxylic acids is 1. The fraction of sp³-hybridized carbons (Fsp3) is 0.909. The summed E-state index contributed by atoms with van der Waals surface area (Å²) < 4.78 is 5.27. The lowest BCUT2D eigenvalue weighted by molar-refractivity contribution is 0.0215. The summed E-state index contributed by atoms with van der Waals surface area (Å²) in [6, 6.07) is 0.282. The first-order valence-corrected chi connectivity index (χ1v) is 5.27. The number of hydrogen-bond acceptors (Lipinski definition) is 2. The zero-order chi connectivity index (χ0) is 11.4. The van der Waals surface area contributed by atoms with Gasteiger partial charge in [0.1, 0.15) is 5.60 Å². The largest absolute Gasteiger partial charge is 0.444 e. The second-order valence-corrected chi connectivity index (χ2v) is 4.56. The SMILES string of the molecule is CCC(CC)N(C)C(=O)OC(C)(C)C. The molecule has 0 aliphatic rings. The number of ether oxygens (including phenoxy) is 1. The maximum atomic E-state index is 11.6. The average molecular weight is 201 g/mol. The first kappa shape index (κ1) is 13.3. The van der Waals surface area contributed by atoms with Gasteiger partial charge in [0.2, 0.25) is 0 Å². The third-order valence-electron chi connectivity index (χ3n) is 2.17. The molecule has 0 atom stereocenters. The lowest BCUT2D eigenvalue weighted by atomic mass is 10.1. The molecule has 3 nitrogen and oxygen atoms in total. The van der Waals surface area contributed by atoms with E-state index in [4.69, 9.17) is 4.74 Å². The van der Waals surface area contributed by atoms with E-state index in [-0.39, 0.29) is 12.1 Å². The first-order valence-electron chi connectivity index (χ1n) is 5.27. The van der Waals surface area contributed by atoms with E-state index in [0.717, 1.165) is 12.8 Å². The Hall–Kier alpha value is -0.730. The van der Waals surface area contributed by atoms with Crippen LogP contribution in [0.3, 0.4) is 0 Å². The van der Waals surface area contributed by atoms with Crippen LogP contribution in [0.4, 0.5) is 4.79 Å². The van der Waals surface area contributed by atoms with Crippen LogP contribution in [0.1, 0.15) is 47.5 Å². The van der Waals surface area contributed by atoms with Gasteiger partial charge < -0.3 is 9.64 Å². The summed E-state index contributed by atoms with van der Waals surface area (Å²) in [5, 5.41) is 0. The Morgan fingerprint density at radius 3 is 2.00 bits per heavy atom. The highest BCUT2D eigenvalue weighted by atomic mass is 16.6. The zero-order valence-corrected chi connectivity index (χ0v) is 10.3. The molecule has 0 unspecified atom stereocenters. The van der Waals surface area contributed by atoms with E-state index in [2.05, 4.69) is 13.8 Å². The van der Waals surface area contributed by atoms with Crippen molar-refractivity contribution in [2.75, 3.05) is 7.05 Å². The van der Waals surface area contributed by atoms with E-state index < -0.39 is 5.60 Å². The molecule has 0 heterocycles. The van der Waals surface area contributed by atoms with Crippen molar-refractivity contribution < 1.29 is 9.53 Å². The van der Waals surface area contributed by atoms with Crippen LogP contribution in [0.5, 0.6) is 0 Å².